The van der Waals surface area contributed by atoms with Crippen LogP contribution in [0, 0.1) is 13.8 Å². The predicted octanol–water partition coefficient (Wildman–Crippen LogP) is 3.91. The molecule has 0 amide bonds. The second kappa shape index (κ2) is 7.08. The number of ether oxygens (including phenoxy) is 1. The van der Waals surface area contributed by atoms with Crippen LogP contribution in [-0.2, 0) is 10.3 Å². The fraction of sp³-hybridized carbons (Fsp3) is 0.318. The number of aryl methyl sites for hydroxylation is 1. The van der Waals surface area contributed by atoms with Gasteiger partial charge in [0.25, 0.3) is 0 Å². The number of hydrogen-bond acceptors (Lipinski definition) is 5. The molecule has 2 aromatic heterocycles. The number of aromatic nitrogens is 3. The van der Waals surface area contributed by atoms with E-state index in [2.05, 4.69) is 53.0 Å². The molecule has 3 heterocycles. The van der Waals surface area contributed by atoms with Crippen molar-refractivity contribution in [2.75, 3.05) is 24.6 Å². The molecule has 1 saturated heterocycles. The Kier molecular flexibility index (Phi) is 4.62. The van der Waals surface area contributed by atoms with E-state index in [4.69, 9.17) is 9.72 Å². The Balaban J connectivity index is 1.71. The molecule has 0 spiro atoms. The number of morpholine rings is 1. The lowest BCUT2D eigenvalue weighted by atomic mass is 9.93. The third-order valence-electron chi connectivity index (χ3n) is 5.24. The van der Waals surface area contributed by atoms with Crippen molar-refractivity contribution < 1.29 is 4.74 Å². The van der Waals surface area contributed by atoms with Crippen LogP contribution in [0.3, 0.4) is 0 Å². The highest BCUT2D eigenvalue weighted by Gasteiger charge is 2.35. The molecule has 138 valence electrons. The number of anilines is 1. The zero-order chi connectivity index (χ0) is 18.9. The molecule has 4 rings (SSSR count). The molecular formula is C22H24N4O. The number of nitrogens with zero attached hydrogens (tertiary/aromatic N) is 4. The van der Waals surface area contributed by atoms with Gasteiger partial charge in [-0.05, 0) is 38.5 Å². The van der Waals surface area contributed by atoms with E-state index in [1.54, 1.807) is 12.4 Å². The maximum Gasteiger partial charge on any atom is 0.163 e. The van der Waals surface area contributed by atoms with Crippen LogP contribution < -0.4 is 4.90 Å². The summed E-state index contributed by atoms with van der Waals surface area (Å²) in [5.74, 6) is 1.70. The van der Waals surface area contributed by atoms with Crippen molar-refractivity contribution in [3.05, 3.63) is 71.7 Å². The van der Waals surface area contributed by atoms with Gasteiger partial charge in [-0.2, -0.15) is 0 Å². The quantitative estimate of drug-likeness (QED) is 0.709. The summed E-state index contributed by atoms with van der Waals surface area (Å²) < 4.78 is 6.19. The van der Waals surface area contributed by atoms with Crippen LogP contribution in [0.4, 0.5) is 5.82 Å². The first-order valence-corrected chi connectivity index (χ1v) is 9.27. The third-order valence-corrected chi connectivity index (χ3v) is 5.24. The zero-order valence-corrected chi connectivity index (χ0v) is 16.0. The van der Waals surface area contributed by atoms with Gasteiger partial charge in [-0.3, -0.25) is 4.98 Å². The summed E-state index contributed by atoms with van der Waals surface area (Å²) in [7, 11) is 0. The summed E-state index contributed by atoms with van der Waals surface area (Å²) in [4.78, 5) is 16.1. The fourth-order valence-corrected chi connectivity index (χ4v) is 3.56. The Morgan fingerprint density at radius 3 is 2.59 bits per heavy atom. The topological polar surface area (TPSA) is 51.1 Å². The molecule has 1 aromatic carbocycles. The van der Waals surface area contributed by atoms with E-state index in [1.807, 2.05) is 25.1 Å². The molecule has 27 heavy (non-hydrogen) atoms. The minimum atomic E-state index is -0.362. The van der Waals surface area contributed by atoms with Gasteiger partial charge in [0.2, 0.25) is 0 Å². The van der Waals surface area contributed by atoms with E-state index in [1.165, 1.54) is 5.56 Å². The normalized spacial score (nSPS) is 19.9. The average molecular weight is 360 g/mol. The highest BCUT2D eigenvalue weighted by molar-refractivity contribution is 5.59. The van der Waals surface area contributed by atoms with Gasteiger partial charge in [0, 0.05) is 35.8 Å². The molecule has 0 bridgehead atoms. The molecule has 0 saturated carbocycles. The van der Waals surface area contributed by atoms with Gasteiger partial charge in [0.15, 0.2) is 5.82 Å². The Morgan fingerprint density at radius 1 is 1.04 bits per heavy atom. The Labute approximate surface area is 160 Å². The molecule has 1 aliphatic rings. The molecular weight excluding hydrogens is 336 g/mol. The summed E-state index contributed by atoms with van der Waals surface area (Å²) in [6.07, 6.45) is 3.57. The van der Waals surface area contributed by atoms with Crippen molar-refractivity contribution >= 4 is 5.82 Å². The summed E-state index contributed by atoms with van der Waals surface area (Å²) in [6.45, 7) is 8.51. The predicted molar refractivity (Wildman–Crippen MR) is 107 cm³/mol. The monoisotopic (exact) mass is 360 g/mol. The van der Waals surface area contributed by atoms with Crippen molar-refractivity contribution in [1.82, 2.24) is 15.0 Å². The largest absolute Gasteiger partial charge is 0.367 e. The first-order valence-electron chi connectivity index (χ1n) is 9.27. The van der Waals surface area contributed by atoms with Crippen LogP contribution in [0.1, 0.15) is 23.7 Å². The summed E-state index contributed by atoms with van der Waals surface area (Å²) in [6, 6.07) is 14.3. The number of rotatable bonds is 3. The molecule has 5 nitrogen and oxygen atoms in total. The maximum atomic E-state index is 6.19. The van der Waals surface area contributed by atoms with E-state index in [9.17, 15) is 0 Å². The highest BCUT2D eigenvalue weighted by atomic mass is 16.5. The summed E-state index contributed by atoms with van der Waals surface area (Å²) in [5, 5.41) is 0. The Hall–Kier alpha value is -2.79. The fourth-order valence-electron chi connectivity index (χ4n) is 3.56. The van der Waals surface area contributed by atoms with Gasteiger partial charge in [-0.15, -0.1) is 0 Å². The van der Waals surface area contributed by atoms with Crippen LogP contribution in [0.25, 0.3) is 11.4 Å². The molecule has 1 fully saturated rings. The van der Waals surface area contributed by atoms with Crippen LogP contribution in [0.15, 0.2) is 54.9 Å². The van der Waals surface area contributed by atoms with Crippen molar-refractivity contribution in [1.29, 1.82) is 0 Å². The van der Waals surface area contributed by atoms with E-state index in [-0.39, 0.29) is 5.60 Å². The smallest absolute Gasteiger partial charge is 0.163 e. The van der Waals surface area contributed by atoms with E-state index in [0.717, 1.165) is 35.7 Å². The Bertz CT molecular complexity index is 930. The van der Waals surface area contributed by atoms with Crippen LogP contribution in [0.5, 0.6) is 0 Å². The van der Waals surface area contributed by atoms with Gasteiger partial charge in [0.05, 0.1) is 13.2 Å². The molecule has 0 aliphatic carbocycles. The molecule has 1 unspecified atom stereocenters. The lowest BCUT2D eigenvalue weighted by Gasteiger charge is -2.42. The van der Waals surface area contributed by atoms with Crippen molar-refractivity contribution in [2.24, 2.45) is 0 Å². The number of hydrogen-bond donors (Lipinski definition) is 0. The van der Waals surface area contributed by atoms with E-state index in [0.29, 0.717) is 12.4 Å². The Morgan fingerprint density at radius 2 is 1.85 bits per heavy atom. The summed E-state index contributed by atoms with van der Waals surface area (Å²) >= 11 is 0. The number of pyridine rings is 1. The van der Waals surface area contributed by atoms with Crippen molar-refractivity contribution in [2.45, 2.75) is 26.4 Å². The van der Waals surface area contributed by atoms with Gasteiger partial charge < -0.3 is 9.64 Å². The molecule has 0 N–H and O–H groups in total. The van der Waals surface area contributed by atoms with Crippen LogP contribution in [0.2, 0.25) is 0 Å². The van der Waals surface area contributed by atoms with Gasteiger partial charge in [-0.25, -0.2) is 9.97 Å². The van der Waals surface area contributed by atoms with Gasteiger partial charge in [-0.1, -0.05) is 30.3 Å². The SMILES string of the molecule is Cc1nc(-c2cccnc2)nc(N2CCOC(C)(c3ccccc3)C2)c1C. The zero-order valence-electron chi connectivity index (χ0n) is 16.0. The lowest BCUT2D eigenvalue weighted by Crippen LogP contribution is -2.49. The molecule has 5 heteroatoms. The molecule has 0 radical (unpaired) electrons. The van der Waals surface area contributed by atoms with E-state index < -0.39 is 0 Å². The van der Waals surface area contributed by atoms with Crippen LogP contribution >= 0.6 is 0 Å². The average Bonchev–Trinajstić information content (AvgIpc) is 2.71. The second-order valence-corrected chi connectivity index (χ2v) is 7.19. The highest BCUT2D eigenvalue weighted by Crippen LogP contribution is 2.33. The minimum absolute atomic E-state index is 0.362. The summed E-state index contributed by atoms with van der Waals surface area (Å²) in [5.41, 5.74) is 3.86. The first kappa shape index (κ1) is 17.6. The lowest BCUT2D eigenvalue weighted by molar-refractivity contribution is -0.0468. The van der Waals surface area contributed by atoms with Crippen molar-refractivity contribution in [3.63, 3.8) is 0 Å². The molecule has 1 aliphatic heterocycles. The minimum Gasteiger partial charge on any atom is -0.367 e. The van der Waals surface area contributed by atoms with E-state index >= 15 is 0 Å². The number of benzene rings is 1. The van der Waals surface area contributed by atoms with Gasteiger partial charge in [0.1, 0.15) is 11.4 Å². The van der Waals surface area contributed by atoms with Crippen molar-refractivity contribution in [3.8, 4) is 11.4 Å². The molecule has 1 atom stereocenters. The van der Waals surface area contributed by atoms with Gasteiger partial charge >= 0.3 is 0 Å². The second-order valence-electron chi connectivity index (χ2n) is 7.19. The maximum absolute atomic E-state index is 6.19. The molecule has 3 aromatic rings. The van der Waals surface area contributed by atoms with Crippen LogP contribution in [-0.4, -0.2) is 34.6 Å². The first-order chi connectivity index (χ1) is 13.1. The standard InChI is InChI=1S/C22H24N4O/c1-16-17(2)24-20(18-8-7-11-23-14-18)25-21(16)26-12-13-27-22(3,15-26)19-9-5-4-6-10-19/h4-11,14H,12-13,15H2,1-3H3. The third kappa shape index (κ3) is 3.43.